The van der Waals surface area contributed by atoms with Gasteiger partial charge in [-0.05, 0) is 25.0 Å². The summed E-state index contributed by atoms with van der Waals surface area (Å²) in [7, 11) is 0. The minimum absolute atomic E-state index is 0.0113. The van der Waals surface area contributed by atoms with Crippen LogP contribution in [0.4, 0.5) is 0 Å². The van der Waals surface area contributed by atoms with E-state index in [9.17, 15) is 9.59 Å². The number of pyridine rings is 1. The van der Waals surface area contributed by atoms with Crippen molar-refractivity contribution in [2.75, 3.05) is 6.54 Å². The second-order valence-electron chi connectivity index (χ2n) is 4.82. The van der Waals surface area contributed by atoms with Gasteiger partial charge in [0, 0.05) is 6.20 Å². The summed E-state index contributed by atoms with van der Waals surface area (Å²) in [6.45, 7) is 4.34. The summed E-state index contributed by atoms with van der Waals surface area (Å²) < 4.78 is 0. The molecule has 0 aliphatic carbocycles. The molecule has 102 valence electrons. The molecule has 1 aliphatic heterocycles. The number of hydrogen-bond donors (Lipinski definition) is 1. The third kappa shape index (κ3) is 2.59. The van der Waals surface area contributed by atoms with Gasteiger partial charge in [0.25, 0.3) is 0 Å². The van der Waals surface area contributed by atoms with Crippen LogP contribution in [0, 0.1) is 0 Å². The van der Waals surface area contributed by atoms with E-state index in [0.29, 0.717) is 19.4 Å². The lowest BCUT2D eigenvalue weighted by molar-refractivity contribution is -0.151. The van der Waals surface area contributed by atoms with Crippen LogP contribution < -0.4 is 5.32 Å². The molecule has 5 heteroatoms. The molecule has 2 heterocycles. The predicted molar refractivity (Wildman–Crippen MR) is 71.1 cm³/mol. The van der Waals surface area contributed by atoms with E-state index in [-0.39, 0.29) is 18.4 Å². The van der Waals surface area contributed by atoms with E-state index in [1.807, 2.05) is 32.0 Å². The molecule has 0 radical (unpaired) electrons. The quantitative estimate of drug-likeness (QED) is 0.882. The lowest BCUT2D eigenvalue weighted by Crippen LogP contribution is -2.65. The van der Waals surface area contributed by atoms with Gasteiger partial charge in [-0.25, -0.2) is 0 Å². The predicted octanol–water partition coefficient (Wildman–Crippen LogP) is 1.10. The molecule has 1 saturated heterocycles. The fraction of sp³-hybridized carbons (Fsp3) is 0.500. The molecule has 19 heavy (non-hydrogen) atoms. The smallest absolute Gasteiger partial charge is 0.249 e. The highest BCUT2D eigenvalue weighted by atomic mass is 16.2. The molecule has 5 nitrogen and oxygen atoms in total. The highest BCUT2D eigenvalue weighted by molar-refractivity contribution is 5.97. The number of hydrogen-bond acceptors (Lipinski definition) is 3. The highest BCUT2D eigenvalue weighted by Crippen LogP contribution is 2.23. The topological polar surface area (TPSA) is 62.3 Å². The van der Waals surface area contributed by atoms with Gasteiger partial charge >= 0.3 is 0 Å². The van der Waals surface area contributed by atoms with Crippen molar-refractivity contribution in [1.29, 1.82) is 0 Å². The Morgan fingerprint density at radius 3 is 2.63 bits per heavy atom. The first kappa shape index (κ1) is 13.5. The molecule has 2 rings (SSSR count). The second-order valence-corrected chi connectivity index (χ2v) is 4.82. The molecule has 1 N–H and O–H groups in total. The lowest BCUT2D eigenvalue weighted by atomic mass is 9.89. The zero-order valence-electron chi connectivity index (χ0n) is 11.3. The molecule has 0 unspecified atom stereocenters. The van der Waals surface area contributed by atoms with Crippen LogP contribution >= 0.6 is 0 Å². The maximum atomic E-state index is 12.5. The van der Waals surface area contributed by atoms with Crippen molar-refractivity contribution >= 4 is 11.8 Å². The molecular weight excluding hydrogens is 242 g/mol. The molecule has 0 bridgehead atoms. The first-order valence-electron chi connectivity index (χ1n) is 6.61. The number of carbonyl (C=O) groups is 2. The average Bonchev–Trinajstić information content (AvgIpc) is 2.44. The third-order valence-corrected chi connectivity index (χ3v) is 3.70. The van der Waals surface area contributed by atoms with Crippen molar-refractivity contribution in [1.82, 2.24) is 15.2 Å². The second kappa shape index (κ2) is 5.38. The maximum absolute atomic E-state index is 12.5. The maximum Gasteiger partial charge on any atom is 0.249 e. The van der Waals surface area contributed by atoms with Crippen LogP contribution in [0.2, 0.25) is 0 Å². The monoisotopic (exact) mass is 261 g/mol. The lowest BCUT2D eigenvalue weighted by Gasteiger charge is -2.41. The Labute approximate surface area is 113 Å². The molecule has 2 amide bonds. The summed E-state index contributed by atoms with van der Waals surface area (Å²) in [6.07, 6.45) is 2.90. The summed E-state index contributed by atoms with van der Waals surface area (Å²) in [5, 5.41) is 2.84. The molecule has 0 saturated carbocycles. The van der Waals surface area contributed by atoms with Gasteiger partial charge in [-0.15, -0.1) is 0 Å². The summed E-state index contributed by atoms with van der Waals surface area (Å²) in [5.74, 6) is -0.109. The normalized spacial score (nSPS) is 18.3. The van der Waals surface area contributed by atoms with Gasteiger partial charge < -0.3 is 10.2 Å². The van der Waals surface area contributed by atoms with E-state index in [0.717, 1.165) is 5.69 Å². The number of nitrogens with one attached hydrogen (secondary N) is 1. The first-order chi connectivity index (χ1) is 9.11. The van der Waals surface area contributed by atoms with Crippen molar-refractivity contribution in [2.24, 2.45) is 0 Å². The van der Waals surface area contributed by atoms with Gasteiger partial charge in [-0.3, -0.25) is 14.6 Å². The number of carbonyl (C=O) groups excluding carboxylic acids is 2. The summed E-state index contributed by atoms with van der Waals surface area (Å²) >= 11 is 0. The van der Waals surface area contributed by atoms with Gasteiger partial charge in [0.1, 0.15) is 12.1 Å². The van der Waals surface area contributed by atoms with Crippen LogP contribution in [0.25, 0.3) is 0 Å². The largest absolute Gasteiger partial charge is 0.340 e. The van der Waals surface area contributed by atoms with E-state index in [2.05, 4.69) is 10.3 Å². The summed E-state index contributed by atoms with van der Waals surface area (Å²) in [4.78, 5) is 30.2. The van der Waals surface area contributed by atoms with E-state index in [1.54, 1.807) is 11.1 Å². The summed E-state index contributed by atoms with van der Waals surface area (Å²) in [6, 6.07) is 5.57. The number of nitrogens with zero attached hydrogens (tertiary/aromatic N) is 2. The minimum atomic E-state index is -0.746. The van der Waals surface area contributed by atoms with Crippen LogP contribution in [0.3, 0.4) is 0 Å². The molecule has 1 aliphatic rings. The molecular formula is C14H19N3O2. The van der Waals surface area contributed by atoms with Gasteiger partial charge in [0.2, 0.25) is 11.8 Å². The number of rotatable bonds is 4. The Kier molecular flexibility index (Phi) is 3.83. The van der Waals surface area contributed by atoms with Crippen LogP contribution in [0.1, 0.15) is 32.4 Å². The van der Waals surface area contributed by atoms with Crippen molar-refractivity contribution in [2.45, 2.75) is 38.8 Å². The molecule has 1 aromatic heterocycles. The van der Waals surface area contributed by atoms with E-state index < -0.39 is 5.54 Å². The van der Waals surface area contributed by atoms with Crippen molar-refractivity contribution in [3.8, 4) is 0 Å². The first-order valence-corrected chi connectivity index (χ1v) is 6.61. The highest BCUT2D eigenvalue weighted by Gasteiger charge is 2.43. The fourth-order valence-corrected chi connectivity index (χ4v) is 2.45. The Morgan fingerprint density at radius 1 is 1.32 bits per heavy atom. The summed E-state index contributed by atoms with van der Waals surface area (Å²) in [5.41, 5.74) is 0.0519. The molecule has 1 aromatic rings. The zero-order chi connectivity index (χ0) is 13.9. The van der Waals surface area contributed by atoms with E-state index >= 15 is 0 Å². The Hall–Kier alpha value is -1.91. The van der Waals surface area contributed by atoms with Gasteiger partial charge in [-0.1, -0.05) is 19.9 Å². The molecule has 0 atom stereocenters. The molecule has 0 spiro atoms. The Bertz CT molecular complexity index is 469. The van der Waals surface area contributed by atoms with Gasteiger partial charge in [-0.2, -0.15) is 0 Å². The zero-order valence-corrected chi connectivity index (χ0v) is 11.3. The van der Waals surface area contributed by atoms with Crippen LogP contribution in [0.5, 0.6) is 0 Å². The molecule has 0 aromatic carbocycles. The Morgan fingerprint density at radius 2 is 2.05 bits per heavy atom. The number of piperazine rings is 1. The number of amides is 2. The van der Waals surface area contributed by atoms with Crippen molar-refractivity contribution < 1.29 is 9.59 Å². The van der Waals surface area contributed by atoms with E-state index in [1.165, 1.54) is 0 Å². The van der Waals surface area contributed by atoms with Crippen LogP contribution in [-0.2, 0) is 16.1 Å². The fourth-order valence-electron chi connectivity index (χ4n) is 2.45. The van der Waals surface area contributed by atoms with Crippen molar-refractivity contribution in [3.63, 3.8) is 0 Å². The van der Waals surface area contributed by atoms with Crippen LogP contribution in [-0.4, -0.2) is 33.8 Å². The Balaban J connectivity index is 2.21. The van der Waals surface area contributed by atoms with Gasteiger partial charge in [0.15, 0.2) is 0 Å². The SMILES string of the molecule is CCC1(CC)NC(=O)CN(Cc2ccccn2)C1=O. The third-order valence-electron chi connectivity index (χ3n) is 3.70. The minimum Gasteiger partial charge on any atom is -0.340 e. The standard InChI is InChI=1S/C14H19N3O2/c1-3-14(4-2)13(19)17(10-12(18)16-14)9-11-7-5-6-8-15-11/h5-8H,3-4,9-10H2,1-2H3,(H,16,18). The number of aromatic nitrogens is 1. The van der Waals surface area contributed by atoms with Crippen LogP contribution in [0.15, 0.2) is 24.4 Å². The van der Waals surface area contributed by atoms with E-state index in [4.69, 9.17) is 0 Å². The average molecular weight is 261 g/mol. The molecule has 1 fully saturated rings. The van der Waals surface area contributed by atoms with Gasteiger partial charge in [0.05, 0.1) is 12.2 Å². The van der Waals surface area contributed by atoms with Crippen molar-refractivity contribution in [3.05, 3.63) is 30.1 Å².